The van der Waals surface area contributed by atoms with Crippen LogP contribution >= 0.6 is 11.3 Å². The Hall–Kier alpha value is -2.12. The van der Waals surface area contributed by atoms with Crippen molar-refractivity contribution in [2.24, 2.45) is 5.92 Å². The van der Waals surface area contributed by atoms with E-state index in [1.54, 1.807) is 24.1 Å². The van der Waals surface area contributed by atoms with Crippen LogP contribution in [-0.4, -0.2) is 33.3 Å². The van der Waals surface area contributed by atoms with Gasteiger partial charge in [0.25, 0.3) is 0 Å². The van der Waals surface area contributed by atoms with Crippen molar-refractivity contribution in [3.63, 3.8) is 0 Å². The van der Waals surface area contributed by atoms with Gasteiger partial charge in [0.2, 0.25) is 5.91 Å². The standard InChI is InChI=1S/C17H19NO5S/c1-10(21-3)12-8-14-13(23-17(12)20)9-15(24-14)18(2)16(19)11-4-6-22-7-5-11/h8-9,11H,1,4-7H2,2-3H3. The largest absolute Gasteiger partial charge is 0.496 e. The first-order valence-corrected chi connectivity index (χ1v) is 8.49. The highest BCUT2D eigenvalue weighted by molar-refractivity contribution is 7.22. The van der Waals surface area contributed by atoms with Crippen molar-refractivity contribution >= 4 is 38.3 Å². The van der Waals surface area contributed by atoms with E-state index in [9.17, 15) is 9.59 Å². The molecular weight excluding hydrogens is 330 g/mol. The zero-order valence-corrected chi connectivity index (χ0v) is 14.5. The molecule has 0 atom stereocenters. The van der Waals surface area contributed by atoms with E-state index in [0.717, 1.165) is 22.5 Å². The Labute approximate surface area is 143 Å². The van der Waals surface area contributed by atoms with E-state index >= 15 is 0 Å². The van der Waals surface area contributed by atoms with Crippen molar-refractivity contribution < 1.29 is 18.7 Å². The van der Waals surface area contributed by atoms with Gasteiger partial charge in [-0.15, -0.1) is 11.3 Å². The molecule has 0 aliphatic carbocycles. The van der Waals surface area contributed by atoms with Crippen molar-refractivity contribution in [1.29, 1.82) is 0 Å². The molecule has 2 aromatic heterocycles. The van der Waals surface area contributed by atoms with Crippen LogP contribution in [0.1, 0.15) is 18.4 Å². The molecular formula is C17H19NO5S. The monoisotopic (exact) mass is 349 g/mol. The molecule has 0 radical (unpaired) electrons. The summed E-state index contributed by atoms with van der Waals surface area (Å²) in [6.45, 7) is 4.93. The molecule has 0 aromatic carbocycles. The summed E-state index contributed by atoms with van der Waals surface area (Å²) in [5.74, 6) is 0.297. The molecule has 0 unspecified atom stereocenters. The lowest BCUT2D eigenvalue weighted by Gasteiger charge is -2.25. The Bertz CT molecular complexity index is 831. The zero-order chi connectivity index (χ0) is 17.3. The van der Waals surface area contributed by atoms with Crippen LogP contribution in [0.5, 0.6) is 0 Å². The minimum Gasteiger partial charge on any atom is -0.496 e. The van der Waals surface area contributed by atoms with E-state index in [2.05, 4.69) is 6.58 Å². The number of fused-ring (bicyclic) bond motifs is 1. The average Bonchev–Trinajstić information content (AvgIpc) is 3.02. The van der Waals surface area contributed by atoms with E-state index < -0.39 is 5.63 Å². The molecule has 0 saturated carbocycles. The van der Waals surface area contributed by atoms with Crippen molar-refractivity contribution in [3.05, 3.63) is 34.7 Å². The Kier molecular flexibility index (Phi) is 4.73. The lowest BCUT2D eigenvalue weighted by molar-refractivity contribution is -0.124. The predicted octanol–water partition coefficient (Wildman–Crippen LogP) is 2.86. The molecule has 1 amide bonds. The van der Waals surface area contributed by atoms with Gasteiger partial charge in [0.1, 0.15) is 16.3 Å². The molecule has 3 rings (SSSR count). The minimum absolute atomic E-state index is 0.0233. The lowest BCUT2D eigenvalue weighted by Crippen LogP contribution is -2.35. The first-order chi connectivity index (χ1) is 11.5. The number of amides is 1. The number of rotatable bonds is 4. The first-order valence-electron chi connectivity index (χ1n) is 7.67. The minimum atomic E-state index is -0.503. The van der Waals surface area contributed by atoms with Crippen LogP contribution in [0, 0.1) is 5.92 Å². The Morgan fingerprint density at radius 3 is 2.75 bits per heavy atom. The maximum Gasteiger partial charge on any atom is 0.347 e. The fourth-order valence-electron chi connectivity index (χ4n) is 2.70. The smallest absolute Gasteiger partial charge is 0.347 e. The highest BCUT2D eigenvalue weighted by atomic mass is 32.1. The van der Waals surface area contributed by atoms with Crippen LogP contribution in [0.4, 0.5) is 5.00 Å². The molecule has 128 valence electrons. The fourth-order valence-corrected chi connectivity index (χ4v) is 3.69. The van der Waals surface area contributed by atoms with Gasteiger partial charge in [0.15, 0.2) is 5.58 Å². The van der Waals surface area contributed by atoms with Crippen LogP contribution in [0.2, 0.25) is 0 Å². The number of thiophene rings is 1. The Balaban J connectivity index is 1.91. The summed E-state index contributed by atoms with van der Waals surface area (Å²) in [4.78, 5) is 26.2. The number of anilines is 1. The number of carbonyl (C=O) groups excluding carboxylic acids is 1. The summed E-state index contributed by atoms with van der Waals surface area (Å²) in [6, 6.07) is 3.41. The van der Waals surface area contributed by atoms with Crippen molar-refractivity contribution in [2.75, 3.05) is 32.3 Å². The van der Waals surface area contributed by atoms with Gasteiger partial charge >= 0.3 is 5.63 Å². The number of carbonyl (C=O) groups is 1. The molecule has 1 aliphatic heterocycles. The highest BCUT2D eigenvalue weighted by Crippen LogP contribution is 2.33. The van der Waals surface area contributed by atoms with Gasteiger partial charge in [0, 0.05) is 32.2 Å². The third-order valence-corrected chi connectivity index (χ3v) is 5.33. The fraction of sp³-hybridized carbons (Fsp3) is 0.412. The van der Waals surface area contributed by atoms with Crippen LogP contribution in [0.3, 0.4) is 0 Å². The van der Waals surface area contributed by atoms with Crippen molar-refractivity contribution in [1.82, 2.24) is 0 Å². The summed E-state index contributed by atoms with van der Waals surface area (Å²) < 4.78 is 16.4. The molecule has 3 heterocycles. The normalized spacial score (nSPS) is 15.4. The summed E-state index contributed by atoms with van der Waals surface area (Å²) in [6.07, 6.45) is 1.47. The molecule has 6 nitrogen and oxygen atoms in total. The van der Waals surface area contributed by atoms with Gasteiger partial charge in [-0.1, -0.05) is 6.58 Å². The number of ether oxygens (including phenoxy) is 2. The van der Waals surface area contributed by atoms with Gasteiger partial charge in [-0.2, -0.15) is 0 Å². The average molecular weight is 349 g/mol. The topological polar surface area (TPSA) is 69.0 Å². The lowest BCUT2D eigenvalue weighted by atomic mass is 9.99. The van der Waals surface area contributed by atoms with E-state index in [4.69, 9.17) is 13.9 Å². The Morgan fingerprint density at radius 2 is 2.08 bits per heavy atom. The molecule has 1 aliphatic rings. The number of hydrogen-bond acceptors (Lipinski definition) is 6. The molecule has 0 N–H and O–H groups in total. The molecule has 1 fully saturated rings. The number of hydrogen-bond donors (Lipinski definition) is 0. The summed E-state index contributed by atoms with van der Waals surface area (Å²) in [5.41, 5.74) is 0.244. The third kappa shape index (κ3) is 3.09. The van der Waals surface area contributed by atoms with Crippen LogP contribution in [0.15, 0.2) is 27.9 Å². The van der Waals surface area contributed by atoms with Gasteiger partial charge in [-0.05, 0) is 18.9 Å². The van der Waals surface area contributed by atoms with Gasteiger partial charge < -0.3 is 18.8 Å². The second kappa shape index (κ2) is 6.78. The first kappa shape index (κ1) is 16.7. The van der Waals surface area contributed by atoms with E-state index in [-0.39, 0.29) is 23.1 Å². The molecule has 1 saturated heterocycles. The number of methoxy groups -OCH3 is 1. The molecule has 2 aromatic rings. The molecule has 0 bridgehead atoms. The Morgan fingerprint density at radius 1 is 1.38 bits per heavy atom. The number of nitrogens with zero attached hydrogens (tertiary/aromatic N) is 1. The van der Waals surface area contributed by atoms with Crippen LogP contribution in [0.25, 0.3) is 16.0 Å². The van der Waals surface area contributed by atoms with Crippen LogP contribution < -0.4 is 10.5 Å². The SMILES string of the molecule is C=C(OC)c1cc2sc(N(C)C(=O)C3CCOCC3)cc2oc1=O. The maximum absolute atomic E-state index is 12.6. The molecule has 0 spiro atoms. The van der Waals surface area contributed by atoms with Gasteiger partial charge in [0.05, 0.1) is 11.8 Å². The molecule has 24 heavy (non-hydrogen) atoms. The summed E-state index contributed by atoms with van der Waals surface area (Å²) in [7, 11) is 3.20. The van der Waals surface area contributed by atoms with Crippen molar-refractivity contribution in [3.8, 4) is 0 Å². The third-order valence-electron chi connectivity index (χ3n) is 4.19. The van der Waals surface area contributed by atoms with Crippen molar-refractivity contribution in [2.45, 2.75) is 12.8 Å². The second-order valence-electron chi connectivity index (χ2n) is 5.67. The van der Waals surface area contributed by atoms with Gasteiger partial charge in [-0.3, -0.25) is 4.79 Å². The zero-order valence-electron chi connectivity index (χ0n) is 13.7. The summed E-state index contributed by atoms with van der Waals surface area (Å²) >= 11 is 1.39. The second-order valence-corrected chi connectivity index (χ2v) is 6.73. The van der Waals surface area contributed by atoms with E-state index in [0.29, 0.717) is 18.8 Å². The van der Waals surface area contributed by atoms with Gasteiger partial charge in [-0.25, -0.2) is 4.79 Å². The predicted molar refractivity (Wildman–Crippen MR) is 93.4 cm³/mol. The maximum atomic E-state index is 12.6. The van der Waals surface area contributed by atoms with E-state index in [1.165, 1.54) is 18.4 Å². The quantitative estimate of drug-likeness (QED) is 0.794. The van der Waals surface area contributed by atoms with Crippen LogP contribution in [-0.2, 0) is 14.3 Å². The summed E-state index contributed by atoms with van der Waals surface area (Å²) in [5, 5.41) is 0.741. The van der Waals surface area contributed by atoms with E-state index in [1.807, 2.05) is 0 Å². The highest BCUT2D eigenvalue weighted by Gasteiger charge is 2.26. The molecule has 7 heteroatoms.